The van der Waals surface area contributed by atoms with Gasteiger partial charge < -0.3 is 5.11 Å². The van der Waals surface area contributed by atoms with Gasteiger partial charge in [0, 0.05) is 7.05 Å². The topological polar surface area (TPSA) is 40.5 Å². The van der Waals surface area contributed by atoms with Crippen LogP contribution in [0.15, 0.2) is 0 Å². The van der Waals surface area contributed by atoms with Gasteiger partial charge in [-0.1, -0.05) is 0 Å². The third kappa shape index (κ3) is 1.39. The maximum Gasteiger partial charge on any atom is 0.321 e. The first-order valence-corrected chi connectivity index (χ1v) is 5.35. The molecule has 0 aliphatic carbocycles. The summed E-state index contributed by atoms with van der Waals surface area (Å²) < 4.78 is 52.8. The number of hydrogen-bond acceptors (Lipinski definition) is 2. The SMILES string of the molecule is CN1C(=O)c2c(I)c(F)c(F)c(F)c2C1(O)F. The van der Waals surface area contributed by atoms with Crippen molar-refractivity contribution >= 4 is 28.5 Å². The van der Waals surface area contributed by atoms with Gasteiger partial charge in [0.05, 0.1) is 14.7 Å². The largest absolute Gasteiger partial charge is 0.341 e. The normalized spacial score (nSPS) is 23.2. The number of hydrogen-bond donors (Lipinski definition) is 1. The molecular weight excluding hydrogens is 357 g/mol. The predicted octanol–water partition coefficient (Wildman–Crippen LogP) is 1.87. The quantitative estimate of drug-likeness (QED) is 0.252. The van der Waals surface area contributed by atoms with Crippen molar-refractivity contribution < 1.29 is 27.5 Å². The number of halogens is 5. The molecule has 0 radical (unpaired) electrons. The highest BCUT2D eigenvalue weighted by molar-refractivity contribution is 14.1. The zero-order chi connectivity index (χ0) is 13.1. The molecule has 1 aromatic rings. The van der Waals surface area contributed by atoms with Crippen LogP contribution in [0.1, 0.15) is 15.9 Å². The first-order valence-electron chi connectivity index (χ1n) is 4.27. The second-order valence-corrected chi connectivity index (χ2v) is 4.54. The van der Waals surface area contributed by atoms with E-state index >= 15 is 0 Å². The van der Waals surface area contributed by atoms with Crippen molar-refractivity contribution in [2.45, 2.75) is 5.98 Å². The van der Waals surface area contributed by atoms with Gasteiger partial charge in [0.25, 0.3) is 5.91 Å². The molecule has 1 heterocycles. The van der Waals surface area contributed by atoms with Crippen LogP contribution in [0, 0.1) is 21.0 Å². The van der Waals surface area contributed by atoms with E-state index in [1.54, 1.807) is 0 Å². The lowest BCUT2D eigenvalue weighted by atomic mass is 10.1. The second kappa shape index (κ2) is 3.55. The fourth-order valence-electron chi connectivity index (χ4n) is 1.60. The van der Waals surface area contributed by atoms with Crippen molar-refractivity contribution in [3.8, 4) is 0 Å². The number of carbonyl (C=O) groups is 1. The molecule has 0 saturated heterocycles. The standard InChI is InChI=1S/C9H4F4INO2/c1-15-8(16)2-3(9(15,13)17)4(10)5(11)6(12)7(2)14/h17H,1H3. The molecule has 92 valence electrons. The number of aliphatic hydroxyl groups is 1. The first-order chi connectivity index (χ1) is 7.71. The van der Waals surface area contributed by atoms with Crippen molar-refractivity contribution in [2.24, 2.45) is 0 Å². The van der Waals surface area contributed by atoms with Crippen LogP contribution in [0.25, 0.3) is 0 Å². The third-order valence-corrected chi connectivity index (χ3v) is 3.56. The molecule has 0 aromatic heterocycles. The maximum absolute atomic E-state index is 13.7. The van der Waals surface area contributed by atoms with E-state index < -0.39 is 44.0 Å². The fourth-order valence-corrected chi connectivity index (χ4v) is 2.34. The zero-order valence-corrected chi connectivity index (χ0v) is 10.3. The number of carbonyl (C=O) groups excluding carboxylic acids is 1. The highest BCUT2D eigenvalue weighted by atomic mass is 127. The Hall–Kier alpha value is -0.900. The molecule has 3 nitrogen and oxygen atoms in total. The molecule has 1 aromatic carbocycles. The number of nitrogens with zero attached hydrogens (tertiary/aromatic N) is 1. The smallest absolute Gasteiger partial charge is 0.321 e. The molecule has 1 amide bonds. The molecule has 1 unspecified atom stereocenters. The molecule has 1 aliphatic rings. The summed E-state index contributed by atoms with van der Waals surface area (Å²) in [4.78, 5) is 11.7. The Labute approximate surface area is 106 Å². The summed E-state index contributed by atoms with van der Waals surface area (Å²) in [6, 6.07) is 0. The first kappa shape index (κ1) is 12.6. The Morgan fingerprint density at radius 2 is 1.76 bits per heavy atom. The van der Waals surface area contributed by atoms with E-state index in [4.69, 9.17) is 0 Å². The Bertz CT molecular complexity index is 547. The Morgan fingerprint density at radius 3 is 2.29 bits per heavy atom. The van der Waals surface area contributed by atoms with Gasteiger partial charge in [0.1, 0.15) is 0 Å². The molecule has 0 saturated carbocycles. The van der Waals surface area contributed by atoms with Gasteiger partial charge in [-0.3, -0.25) is 9.69 Å². The average molecular weight is 361 g/mol. The van der Waals surface area contributed by atoms with Crippen molar-refractivity contribution in [1.29, 1.82) is 0 Å². The average Bonchev–Trinajstić information content (AvgIpc) is 2.44. The van der Waals surface area contributed by atoms with E-state index in [2.05, 4.69) is 0 Å². The monoisotopic (exact) mass is 361 g/mol. The number of alkyl halides is 1. The van der Waals surface area contributed by atoms with Crippen LogP contribution in [0.3, 0.4) is 0 Å². The molecule has 17 heavy (non-hydrogen) atoms. The molecule has 1 N–H and O–H groups in total. The van der Waals surface area contributed by atoms with Gasteiger partial charge >= 0.3 is 5.98 Å². The minimum Gasteiger partial charge on any atom is -0.341 e. The molecular formula is C9H4F4INO2. The minimum atomic E-state index is -3.48. The molecule has 0 fully saturated rings. The number of benzene rings is 1. The Balaban J connectivity index is 2.93. The second-order valence-electron chi connectivity index (χ2n) is 3.46. The van der Waals surface area contributed by atoms with Gasteiger partial charge in [-0.15, -0.1) is 0 Å². The summed E-state index contributed by atoms with van der Waals surface area (Å²) >= 11 is 1.25. The van der Waals surface area contributed by atoms with Crippen molar-refractivity contribution in [1.82, 2.24) is 4.90 Å². The lowest BCUT2D eigenvalue weighted by Gasteiger charge is -2.21. The van der Waals surface area contributed by atoms with E-state index in [1.165, 1.54) is 22.6 Å². The van der Waals surface area contributed by atoms with E-state index in [9.17, 15) is 27.5 Å². The number of rotatable bonds is 0. The van der Waals surface area contributed by atoms with Gasteiger partial charge in [-0.25, -0.2) is 13.2 Å². The number of amides is 1. The van der Waals surface area contributed by atoms with Crippen LogP contribution in [0.5, 0.6) is 0 Å². The van der Waals surface area contributed by atoms with Gasteiger partial charge in [0.15, 0.2) is 17.5 Å². The Morgan fingerprint density at radius 1 is 1.24 bits per heavy atom. The maximum atomic E-state index is 13.7. The summed E-state index contributed by atoms with van der Waals surface area (Å²) in [6.45, 7) is 0. The molecule has 0 bridgehead atoms. The van der Waals surface area contributed by atoms with Gasteiger partial charge in [-0.2, -0.15) is 4.39 Å². The molecule has 0 spiro atoms. The molecule has 1 aliphatic heterocycles. The summed E-state index contributed by atoms with van der Waals surface area (Å²) in [5, 5.41) is 9.31. The van der Waals surface area contributed by atoms with Gasteiger partial charge in [-0.05, 0) is 22.6 Å². The van der Waals surface area contributed by atoms with Crippen LogP contribution >= 0.6 is 22.6 Å². The summed E-state index contributed by atoms with van der Waals surface area (Å²) in [7, 11) is 0.855. The zero-order valence-electron chi connectivity index (χ0n) is 8.19. The summed E-state index contributed by atoms with van der Waals surface area (Å²) in [5.41, 5.74) is -1.89. The van der Waals surface area contributed by atoms with Gasteiger partial charge in [0.2, 0.25) is 0 Å². The fraction of sp³-hybridized carbons (Fsp3) is 0.222. The molecule has 2 rings (SSSR count). The van der Waals surface area contributed by atoms with E-state index in [0.29, 0.717) is 0 Å². The minimum absolute atomic E-state index is 0.168. The Kier molecular flexibility index (Phi) is 2.62. The molecule has 8 heteroatoms. The summed E-state index contributed by atoms with van der Waals surface area (Å²) in [6.07, 6.45) is 0. The van der Waals surface area contributed by atoms with Crippen LogP contribution in [0.2, 0.25) is 0 Å². The van der Waals surface area contributed by atoms with E-state index in [-0.39, 0.29) is 4.90 Å². The summed E-state index contributed by atoms with van der Waals surface area (Å²) in [5.74, 6) is -10.0. The van der Waals surface area contributed by atoms with Crippen molar-refractivity contribution in [3.05, 3.63) is 32.1 Å². The number of fused-ring (bicyclic) bond motifs is 1. The van der Waals surface area contributed by atoms with E-state index in [0.717, 1.165) is 7.05 Å². The van der Waals surface area contributed by atoms with Crippen molar-refractivity contribution in [3.63, 3.8) is 0 Å². The van der Waals surface area contributed by atoms with Crippen LogP contribution < -0.4 is 0 Å². The lowest BCUT2D eigenvalue weighted by molar-refractivity contribution is -0.182. The van der Waals surface area contributed by atoms with Crippen molar-refractivity contribution in [2.75, 3.05) is 7.05 Å². The molecule has 1 atom stereocenters. The van der Waals surface area contributed by atoms with E-state index in [1.807, 2.05) is 0 Å². The van der Waals surface area contributed by atoms with Crippen LogP contribution in [-0.4, -0.2) is 23.0 Å². The van der Waals surface area contributed by atoms with Crippen LogP contribution in [-0.2, 0) is 5.98 Å². The van der Waals surface area contributed by atoms with Crippen LogP contribution in [0.4, 0.5) is 17.6 Å². The lowest BCUT2D eigenvalue weighted by Crippen LogP contribution is -2.37. The predicted molar refractivity (Wildman–Crippen MR) is 56.1 cm³/mol. The highest BCUT2D eigenvalue weighted by Gasteiger charge is 2.52. The highest BCUT2D eigenvalue weighted by Crippen LogP contribution is 2.42. The third-order valence-electron chi connectivity index (χ3n) is 2.55.